The minimum Gasteiger partial charge on any atom is -0.335 e. The van der Waals surface area contributed by atoms with E-state index in [2.05, 4.69) is 22.9 Å². The first kappa shape index (κ1) is 21.0. The lowest BCUT2D eigenvalue weighted by atomic mass is 9.97. The van der Waals surface area contributed by atoms with Gasteiger partial charge in [0.25, 0.3) is 0 Å². The molecule has 0 unspecified atom stereocenters. The zero-order chi connectivity index (χ0) is 20.6. The van der Waals surface area contributed by atoms with E-state index in [1.807, 2.05) is 30.3 Å². The average Bonchev–Trinajstić information content (AvgIpc) is 3.21. The number of benzene rings is 2. The van der Waals surface area contributed by atoms with Gasteiger partial charge in [0, 0.05) is 6.04 Å². The Labute approximate surface area is 171 Å². The Bertz CT molecular complexity index is 832. The van der Waals surface area contributed by atoms with E-state index in [4.69, 9.17) is 0 Å². The van der Waals surface area contributed by atoms with Crippen molar-refractivity contribution in [3.05, 3.63) is 71.0 Å². The summed E-state index contributed by atoms with van der Waals surface area (Å²) < 4.78 is 13.8. The quantitative estimate of drug-likeness (QED) is 0.665. The number of hydrogen-bond acceptors (Lipinski definition) is 3. The maximum Gasteiger partial charge on any atom is 0.321 e. The molecule has 0 radical (unpaired) electrons. The summed E-state index contributed by atoms with van der Waals surface area (Å²) in [6, 6.07) is 13.6. The van der Waals surface area contributed by atoms with Crippen molar-refractivity contribution in [2.24, 2.45) is 0 Å². The Morgan fingerprint density at radius 3 is 2.45 bits per heavy atom. The standard InChI is InChI=1S/C23H28FN3O2/c1-2-16-10-12-17(13-11-16)22(18-6-5-7-19(24)14-18)25-15-21(28)27-23(29)26-20-8-3-4-9-20/h5-7,10-14,20,22,25H,2-4,8-9,15H2,1H3,(H2,26,27,28,29)/t22-/m1/s1. The molecular weight excluding hydrogens is 369 g/mol. The average molecular weight is 397 g/mol. The Morgan fingerprint density at radius 1 is 1.07 bits per heavy atom. The lowest BCUT2D eigenvalue weighted by Gasteiger charge is -2.20. The van der Waals surface area contributed by atoms with E-state index in [0.29, 0.717) is 0 Å². The Kier molecular flexibility index (Phi) is 7.36. The summed E-state index contributed by atoms with van der Waals surface area (Å²) >= 11 is 0. The van der Waals surface area contributed by atoms with Crippen LogP contribution in [0.25, 0.3) is 0 Å². The zero-order valence-corrected chi connectivity index (χ0v) is 16.7. The van der Waals surface area contributed by atoms with Crippen molar-refractivity contribution in [1.82, 2.24) is 16.0 Å². The molecule has 1 aliphatic rings. The van der Waals surface area contributed by atoms with Crippen LogP contribution >= 0.6 is 0 Å². The highest BCUT2D eigenvalue weighted by Crippen LogP contribution is 2.23. The number of urea groups is 1. The highest BCUT2D eigenvalue weighted by atomic mass is 19.1. The molecule has 1 fully saturated rings. The Hall–Kier alpha value is -2.73. The largest absolute Gasteiger partial charge is 0.335 e. The first-order valence-electron chi connectivity index (χ1n) is 10.2. The second kappa shape index (κ2) is 10.2. The molecule has 0 saturated heterocycles. The maximum absolute atomic E-state index is 13.8. The molecule has 3 rings (SSSR count). The van der Waals surface area contributed by atoms with Crippen LogP contribution in [0.15, 0.2) is 48.5 Å². The molecule has 0 heterocycles. The Morgan fingerprint density at radius 2 is 1.79 bits per heavy atom. The van der Waals surface area contributed by atoms with Crippen molar-refractivity contribution in [2.75, 3.05) is 6.54 Å². The number of imide groups is 1. The van der Waals surface area contributed by atoms with Crippen LogP contribution in [-0.2, 0) is 11.2 Å². The number of rotatable bonds is 7. The Balaban J connectivity index is 1.64. The number of hydrogen-bond donors (Lipinski definition) is 3. The topological polar surface area (TPSA) is 70.2 Å². The van der Waals surface area contributed by atoms with Gasteiger partial charge in [0.15, 0.2) is 0 Å². The van der Waals surface area contributed by atoms with Gasteiger partial charge in [-0.2, -0.15) is 0 Å². The van der Waals surface area contributed by atoms with Gasteiger partial charge in [-0.25, -0.2) is 9.18 Å². The smallest absolute Gasteiger partial charge is 0.321 e. The fourth-order valence-corrected chi connectivity index (χ4v) is 3.72. The first-order chi connectivity index (χ1) is 14.0. The number of amides is 3. The summed E-state index contributed by atoms with van der Waals surface area (Å²) in [5, 5.41) is 8.36. The second-order valence-electron chi connectivity index (χ2n) is 7.47. The molecule has 1 saturated carbocycles. The number of aryl methyl sites for hydroxylation is 1. The molecule has 3 amide bonds. The van der Waals surface area contributed by atoms with Crippen LogP contribution in [0.5, 0.6) is 0 Å². The zero-order valence-electron chi connectivity index (χ0n) is 16.7. The van der Waals surface area contributed by atoms with Gasteiger partial charge in [-0.3, -0.25) is 15.4 Å². The third-order valence-corrected chi connectivity index (χ3v) is 5.31. The lowest BCUT2D eigenvalue weighted by Crippen LogP contribution is -2.46. The van der Waals surface area contributed by atoms with Gasteiger partial charge >= 0.3 is 6.03 Å². The lowest BCUT2D eigenvalue weighted by molar-refractivity contribution is -0.119. The van der Waals surface area contributed by atoms with E-state index in [0.717, 1.165) is 43.2 Å². The van der Waals surface area contributed by atoms with E-state index < -0.39 is 11.9 Å². The summed E-state index contributed by atoms with van der Waals surface area (Å²) in [5.41, 5.74) is 2.85. The van der Waals surface area contributed by atoms with Crippen molar-refractivity contribution in [1.29, 1.82) is 0 Å². The van der Waals surface area contributed by atoms with Crippen molar-refractivity contribution >= 4 is 11.9 Å². The molecule has 154 valence electrons. The van der Waals surface area contributed by atoms with Crippen LogP contribution in [0.4, 0.5) is 9.18 Å². The molecule has 0 bridgehead atoms. The van der Waals surface area contributed by atoms with Crippen molar-refractivity contribution < 1.29 is 14.0 Å². The molecule has 6 heteroatoms. The molecule has 0 aliphatic heterocycles. The minimum atomic E-state index is -0.460. The summed E-state index contributed by atoms with van der Waals surface area (Å²) in [4.78, 5) is 24.2. The molecule has 5 nitrogen and oxygen atoms in total. The van der Waals surface area contributed by atoms with Gasteiger partial charge < -0.3 is 5.32 Å². The molecule has 29 heavy (non-hydrogen) atoms. The van der Waals surface area contributed by atoms with Crippen LogP contribution in [0.1, 0.15) is 55.3 Å². The maximum atomic E-state index is 13.8. The van der Waals surface area contributed by atoms with Gasteiger partial charge in [-0.1, -0.05) is 56.2 Å². The van der Waals surface area contributed by atoms with Gasteiger partial charge in [-0.05, 0) is 48.1 Å². The highest BCUT2D eigenvalue weighted by molar-refractivity contribution is 5.95. The van der Waals surface area contributed by atoms with Crippen LogP contribution in [-0.4, -0.2) is 24.5 Å². The summed E-state index contributed by atoms with van der Waals surface area (Å²) in [7, 11) is 0. The monoisotopic (exact) mass is 397 g/mol. The fraction of sp³-hybridized carbons (Fsp3) is 0.391. The highest BCUT2D eigenvalue weighted by Gasteiger charge is 2.20. The first-order valence-corrected chi connectivity index (χ1v) is 10.2. The number of halogens is 1. The van der Waals surface area contributed by atoms with Gasteiger partial charge in [0.05, 0.1) is 12.6 Å². The van der Waals surface area contributed by atoms with E-state index in [1.54, 1.807) is 6.07 Å². The molecule has 1 aliphatic carbocycles. The van der Waals surface area contributed by atoms with Gasteiger partial charge in [0.1, 0.15) is 5.82 Å². The van der Waals surface area contributed by atoms with Crippen LogP contribution in [0.2, 0.25) is 0 Å². The molecule has 2 aromatic carbocycles. The summed E-state index contributed by atoms with van der Waals surface area (Å²) in [5.74, 6) is -0.757. The van der Waals surface area contributed by atoms with Crippen LogP contribution in [0.3, 0.4) is 0 Å². The fourth-order valence-electron chi connectivity index (χ4n) is 3.72. The van der Waals surface area contributed by atoms with E-state index >= 15 is 0 Å². The molecular formula is C23H28FN3O2. The molecule has 0 aromatic heterocycles. The van der Waals surface area contributed by atoms with Gasteiger partial charge in [-0.15, -0.1) is 0 Å². The van der Waals surface area contributed by atoms with Gasteiger partial charge in [0.2, 0.25) is 5.91 Å². The van der Waals surface area contributed by atoms with Crippen molar-refractivity contribution in [2.45, 2.75) is 51.1 Å². The summed E-state index contributed by atoms with van der Waals surface area (Å²) in [6.45, 7) is 2.02. The number of carbonyl (C=O) groups is 2. The predicted molar refractivity (Wildman–Crippen MR) is 111 cm³/mol. The van der Waals surface area contributed by atoms with Crippen LogP contribution < -0.4 is 16.0 Å². The van der Waals surface area contributed by atoms with E-state index in [-0.39, 0.29) is 24.4 Å². The molecule has 0 spiro atoms. The van der Waals surface area contributed by atoms with E-state index in [1.165, 1.54) is 17.7 Å². The summed E-state index contributed by atoms with van der Waals surface area (Å²) in [6.07, 6.45) is 5.04. The second-order valence-corrected chi connectivity index (χ2v) is 7.47. The SMILES string of the molecule is CCc1ccc([C@@H](NCC(=O)NC(=O)NC2CCCC2)c2cccc(F)c2)cc1. The molecule has 1 atom stereocenters. The molecule has 3 N–H and O–H groups in total. The molecule has 2 aromatic rings. The third kappa shape index (κ3) is 6.12. The van der Waals surface area contributed by atoms with E-state index in [9.17, 15) is 14.0 Å². The van der Waals surface area contributed by atoms with Crippen molar-refractivity contribution in [3.63, 3.8) is 0 Å². The number of carbonyl (C=O) groups excluding carboxylic acids is 2. The van der Waals surface area contributed by atoms with Crippen LogP contribution in [0, 0.1) is 5.82 Å². The normalized spacial score (nSPS) is 15.1. The van der Waals surface area contributed by atoms with Crippen molar-refractivity contribution in [3.8, 4) is 0 Å². The number of nitrogens with one attached hydrogen (secondary N) is 3. The minimum absolute atomic E-state index is 0.0607. The predicted octanol–water partition coefficient (Wildman–Crippen LogP) is 3.84. The third-order valence-electron chi connectivity index (χ3n) is 5.31.